The molecule has 2 aliphatic rings. The summed E-state index contributed by atoms with van der Waals surface area (Å²) in [6, 6.07) is 0.302. The lowest BCUT2D eigenvalue weighted by Crippen LogP contribution is -2.50. The second kappa shape index (κ2) is 5.36. The van der Waals surface area contributed by atoms with Gasteiger partial charge in [-0.1, -0.05) is 0 Å². The van der Waals surface area contributed by atoms with E-state index >= 15 is 0 Å². The van der Waals surface area contributed by atoms with Crippen molar-refractivity contribution in [2.24, 2.45) is 11.7 Å². The molecular weight excluding hydrogens is 216 g/mol. The summed E-state index contributed by atoms with van der Waals surface area (Å²) in [5.41, 5.74) is 5.77. The lowest BCUT2D eigenvalue weighted by molar-refractivity contribution is -0.129. The number of nitrogens with two attached hydrogens (primary N) is 1. The largest absolute Gasteiger partial charge is 0.376 e. The summed E-state index contributed by atoms with van der Waals surface area (Å²) in [7, 11) is 1.74. The molecule has 2 rings (SSSR count). The molecule has 4 heteroatoms. The summed E-state index contributed by atoms with van der Waals surface area (Å²) in [4.78, 5) is 12.0. The molecule has 0 radical (unpaired) electrons. The Kier molecular flexibility index (Phi) is 4.05. The van der Waals surface area contributed by atoms with E-state index in [2.05, 4.69) is 5.32 Å². The smallest absolute Gasteiger partial charge is 0.223 e. The predicted octanol–water partition coefficient (Wildman–Crippen LogP) is 1.19. The van der Waals surface area contributed by atoms with Crippen LogP contribution in [0.1, 0.15) is 44.9 Å². The van der Waals surface area contributed by atoms with Gasteiger partial charge in [0, 0.05) is 25.6 Å². The molecule has 1 amide bonds. The highest BCUT2D eigenvalue weighted by atomic mass is 16.5. The Bertz CT molecular complexity index is 263. The number of carbonyl (C=O) groups excluding carboxylic acids is 1. The molecule has 98 valence electrons. The minimum atomic E-state index is -0.0687. The Morgan fingerprint density at radius 2 is 2.00 bits per heavy atom. The molecule has 0 aromatic rings. The van der Waals surface area contributed by atoms with Crippen LogP contribution in [0, 0.1) is 5.92 Å². The number of carbonyl (C=O) groups is 1. The molecule has 0 heterocycles. The van der Waals surface area contributed by atoms with E-state index in [9.17, 15) is 4.79 Å². The van der Waals surface area contributed by atoms with Crippen molar-refractivity contribution < 1.29 is 9.53 Å². The third-order valence-corrected chi connectivity index (χ3v) is 4.43. The minimum absolute atomic E-state index is 0.0687. The third kappa shape index (κ3) is 2.99. The van der Waals surface area contributed by atoms with Crippen molar-refractivity contribution >= 4 is 5.91 Å². The minimum Gasteiger partial charge on any atom is -0.376 e. The van der Waals surface area contributed by atoms with Crippen LogP contribution in [0.4, 0.5) is 0 Å². The zero-order chi connectivity index (χ0) is 12.3. The van der Waals surface area contributed by atoms with Gasteiger partial charge in [-0.2, -0.15) is 0 Å². The summed E-state index contributed by atoms with van der Waals surface area (Å²) in [5, 5.41) is 3.06. The fourth-order valence-corrected chi connectivity index (χ4v) is 2.80. The number of methoxy groups -OCH3 is 1. The van der Waals surface area contributed by atoms with Crippen molar-refractivity contribution in [1.29, 1.82) is 0 Å². The molecule has 0 aromatic carbocycles. The van der Waals surface area contributed by atoms with Gasteiger partial charge in [0.25, 0.3) is 0 Å². The van der Waals surface area contributed by atoms with E-state index in [4.69, 9.17) is 10.5 Å². The number of amides is 1. The van der Waals surface area contributed by atoms with Crippen LogP contribution in [0.5, 0.6) is 0 Å². The molecule has 2 aliphatic carbocycles. The van der Waals surface area contributed by atoms with Crippen LogP contribution >= 0.6 is 0 Å². The fraction of sp³-hybridized carbons (Fsp3) is 0.923. The van der Waals surface area contributed by atoms with Crippen LogP contribution in [0.3, 0.4) is 0 Å². The molecule has 2 fully saturated rings. The first-order valence-electron chi connectivity index (χ1n) is 6.74. The van der Waals surface area contributed by atoms with Crippen LogP contribution in [0.15, 0.2) is 0 Å². The number of rotatable bonds is 4. The Morgan fingerprint density at radius 3 is 2.47 bits per heavy atom. The number of hydrogen-bond acceptors (Lipinski definition) is 3. The predicted molar refractivity (Wildman–Crippen MR) is 66.5 cm³/mol. The average molecular weight is 240 g/mol. The van der Waals surface area contributed by atoms with Gasteiger partial charge < -0.3 is 15.8 Å². The van der Waals surface area contributed by atoms with Crippen LogP contribution in [0.25, 0.3) is 0 Å². The van der Waals surface area contributed by atoms with E-state index in [0.29, 0.717) is 12.6 Å². The summed E-state index contributed by atoms with van der Waals surface area (Å²) < 4.78 is 5.49. The van der Waals surface area contributed by atoms with Gasteiger partial charge in [-0.05, 0) is 44.9 Å². The molecule has 0 spiro atoms. The average Bonchev–Trinajstić information content (AvgIpc) is 2.29. The molecule has 17 heavy (non-hydrogen) atoms. The standard InChI is InChI=1S/C13H24N2O2/c1-17-13(7-2-8-13)9-15-12(16)10-3-5-11(14)6-4-10/h10-11H,2-9,14H2,1H3,(H,15,16). The van der Waals surface area contributed by atoms with Crippen molar-refractivity contribution in [3.8, 4) is 0 Å². The van der Waals surface area contributed by atoms with E-state index < -0.39 is 0 Å². The summed E-state index contributed by atoms with van der Waals surface area (Å²) in [6.45, 7) is 0.672. The van der Waals surface area contributed by atoms with E-state index in [1.165, 1.54) is 6.42 Å². The Morgan fingerprint density at radius 1 is 1.35 bits per heavy atom. The molecule has 0 atom stereocenters. The first kappa shape index (κ1) is 12.8. The second-order valence-electron chi connectivity index (χ2n) is 5.57. The molecule has 2 saturated carbocycles. The molecule has 0 bridgehead atoms. The van der Waals surface area contributed by atoms with Gasteiger partial charge in [0.2, 0.25) is 5.91 Å². The maximum atomic E-state index is 12.0. The van der Waals surface area contributed by atoms with Gasteiger partial charge in [0.15, 0.2) is 0 Å². The molecule has 0 unspecified atom stereocenters. The van der Waals surface area contributed by atoms with Crippen LogP contribution in [-0.2, 0) is 9.53 Å². The van der Waals surface area contributed by atoms with Crippen molar-refractivity contribution in [2.75, 3.05) is 13.7 Å². The zero-order valence-corrected chi connectivity index (χ0v) is 10.7. The lowest BCUT2D eigenvalue weighted by Gasteiger charge is -2.40. The van der Waals surface area contributed by atoms with Crippen LogP contribution < -0.4 is 11.1 Å². The monoisotopic (exact) mass is 240 g/mol. The Hall–Kier alpha value is -0.610. The maximum absolute atomic E-state index is 12.0. The normalized spacial score (nSPS) is 31.6. The molecule has 0 aliphatic heterocycles. The van der Waals surface area contributed by atoms with E-state index in [1.807, 2.05) is 0 Å². The van der Waals surface area contributed by atoms with Crippen molar-refractivity contribution in [2.45, 2.75) is 56.6 Å². The summed E-state index contributed by atoms with van der Waals surface area (Å²) in [5.74, 6) is 0.365. The second-order valence-corrected chi connectivity index (χ2v) is 5.57. The topological polar surface area (TPSA) is 64.3 Å². The number of nitrogens with one attached hydrogen (secondary N) is 1. The number of hydrogen-bond donors (Lipinski definition) is 2. The first-order chi connectivity index (χ1) is 8.15. The van der Waals surface area contributed by atoms with E-state index in [0.717, 1.165) is 38.5 Å². The van der Waals surface area contributed by atoms with Gasteiger partial charge in [-0.3, -0.25) is 4.79 Å². The first-order valence-corrected chi connectivity index (χ1v) is 6.74. The highest BCUT2D eigenvalue weighted by Gasteiger charge is 2.37. The van der Waals surface area contributed by atoms with Crippen molar-refractivity contribution in [3.05, 3.63) is 0 Å². The Labute approximate surface area is 103 Å². The van der Waals surface area contributed by atoms with Gasteiger partial charge in [-0.15, -0.1) is 0 Å². The third-order valence-electron chi connectivity index (χ3n) is 4.43. The van der Waals surface area contributed by atoms with Gasteiger partial charge >= 0.3 is 0 Å². The highest BCUT2D eigenvalue weighted by molar-refractivity contribution is 5.78. The summed E-state index contributed by atoms with van der Waals surface area (Å²) >= 11 is 0. The molecule has 0 aromatic heterocycles. The van der Waals surface area contributed by atoms with Gasteiger partial charge in [0.1, 0.15) is 0 Å². The maximum Gasteiger partial charge on any atom is 0.223 e. The van der Waals surface area contributed by atoms with Gasteiger partial charge in [-0.25, -0.2) is 0 Å². The lowest BCUT2D eigenvalue weighted by atomic mass is 9.79. The van der Waals surface area contributed by atoms with E-state index in [-0.39, 0.29) is 17.4 Å². The number of ether oxygens (including phenoxy) is 1. The summed E-state index contributed by atoms with van der Waals surface area (Å²) in [6.07, 6.45) is 7.18. The van der Waals surface area contributed by atoms with E-state index in [1.54, 1.807) is 7.11 Å². The van der Waals surface area contributed by atoms with Crippen LogP contribution in [-0.4, -0.2) is 31.2 Å². The van der Waals surface area contributed by atoms with Crippen LogP contribution in [0.2, 0.25) is 0 Å². The fourth-order valence-electron chi connectivity index (χ4n) is 2.80. The molecule has 0 saturated heterocycles. The Balaban J connectivity index is 1.73. The zero-order valence-electron chi connectivity index (χ0n) is 10.7. The van der Waals surface area contributed by atoms with Gasteiger partial charge in [0.05, 0.1) is 5.60 Å². The van der Waals surface area contributed by atoms with Crippen molar-refractivity contribution in [1.82, 2.24) is 5.32 Å². The highest BCUT2D eigenvalue weighted by Crippen LogP contribution is 2.34. The molecular formula is C13H24N2O2. The van der Waals surface area contributed by atoms with Crippen molar-refractivity contribution in [3.63, 3.8) is 0 Å². The molecule has 3 N–H and O–H groups in total. The SMILES string of the molecule is COC1(CNC(=O)C2CCC(N)CC2)CCC1. The molecule has 4 nitrogen and oxygen atoms in total. The quantitative estimate of drug-likeness (QED) is 0.776.